The van der Waals surface area contributed by atoms with Crippen LogP contribution in [0.2, 0.25) is 0 Å². The molecule has 1 atom stereocenters. The van der Waals surface area contributed by atoms with E-state index in [1.807, 2.05) is 0 Å². The molecule has 5 nitrogen and oxygen atoms in total. The zero-order valence-corrected chi connectivity index (χ0v) is 7.92. The summed E-state index contributed by atoms with van der Waals surface area (Å²) in [6.07, 6.45) is 0. The number of aromatic amines is 1. The first-order valence-corrected chi connectivity index (χ1v) is 4.02. The largest absolute Gasteiger partial charge is 0.480 e. The van der Waals surface area contributed by atoms with Crippen molar-refractivity contribution < 1.29 is 9.90 Å². The molecule has 0 aliphatic heterocycles. The Morgan fingerprint density at radius 1 is 1.83 bits per heavy atom. The normalized spacial score (nSPS) is 12.9. The first-order valence-electron chi connectivity index (χ1n) is 3.22. The van der Waals surface area contributed by atoms with E-state index in [-0.39, 0.29) is 0 Å². The Kier molecular flexibility index (Phi) is 2.49. The molecule has 66 valence electrons. The summed E-state index contributed by atoms with van der Waals surface area (Å²) in [5, 5.41) is 8.58. The molecule has 6 heteroatoms. The molecule has 0 fully saturated rings. The second-order valence-electron chi connectivity index (χ2n) is 2.34. The van der Waals surface area contributed by atoms with Gasteiger partial charge in [-0.05, 0) is 22.9 Å². The maximum absolute atomic E-state index is 10.5. The number of hydrogen-bond donors (Lipinski definition) is 3. The van der Waals surface area contributed by atoms with Gasteiger partial charge in [0.1, 0.15) is 16.5 Å². The lowest BCUT2D eigenvalue weighted by Gasteiger charge is -2.02. The number of aromatic nitrogens is 2. The predicted molar refractivity (Wildman–Crippen MR) is 45.6 cm³/mol. The molecular formula is C6H8BrN3O2. The quantitative estimate of drug-likeness (QED) is 0.697. The van der Waals surface area contributed by atoms with E-state index in [0.29, 0.717) is 16.1 Å². The molecule has 0 aromatic carbocycles. The summed E-state index contributed by atoms with van der Waals surface area (Å²) in [5.74, 6) is -0.451. The Morgan fingerprint density at radius 3 is 2.75 bits per heavy atom. The smallest absolute Gasteiger partial charge is 0.326 e. The first kappa shape index (κ1) is 9.21. The maximum Gasteiger partial charge on any atom is 0.326 e. The van der Waals surface area contributed by atoms with E-state index < -0.39 is 12.0 Å². The van der Waals surface area contributed by atoms with Crippen molar-refractivity contribution in [1.82, 2.24) is 9.97 Å². The molecule has 0 saturated heterocycles. The van der Waals surface area contributed by atoms with Gasteiger partial charge in [-0.25, -0.2) is 4.98 Å². The zero-order chi connectivity index (χ0) is 9.30. The molecule has 0 spiro atoms. The summed E-state index contributed by atoms with van der Waals surface area (Å²) < 4.78 is 0.454. The maximum atomic E-state index is 10.5. The molecule has 0 bridgehead atoms. The van der Waals surface area contributed by atoms with E-state index in [9.17, 15) is 4.79 Å². The molecule has 1 aromatic rings. The fraction of sp³-hybridized carbons (Fsp3) is 0.333. The summed E-state index contributed by atoms with van der Waals surface area (Å²) in [4.78, 5) is 17.2. The van der Waals surface area contributed by atoms with Crippen LogP contribution in [0.3, 0.4) is 0 Å². The number of imidazole rings is 1. The van der Waals surface area contributed by atoms with Gasteiger partial charge in [-0.2, -0.15) is 0 Å². The van der Waals surface area contributed by atoms with Crippen molar-refractivity contribution in [3.63, 3.8) is 0 Å². The number of carboxylic acids is 1. The van der Waals surface area contributed by atoms with Gasteiger partial charge in [-0.15, -0.1) is 0 Å². The standard InChI is InChI=1S/C6H8BrN3O2/c1-2-9-4(5(7)10-2)3(8)6(11)12/h3H,8H2,1H3,(H,9,10)(H,11,12). The third-order valence-electron chi connectivity index (χ3n) is 1.38. The Hall–Kier alpha value is -0.880. The lowest BCUT2D eigenvalue weighted by Crippen LogP contribution is -2.21. The van der Waals surface area contributed by atoms with Crippen LogP contribution in [0, 0.1) is 6.92 Å². The number of nitrogens with one attached hydrogen (secondary N) is 1. The second-order valence-corrected chi connectivity index (χ2v) is 3.09. The molecule has 1 rings (SSSR count). The number of aliphatic carboxylic acids is 1. The van der Waals surface area contributed by atoms with Gasteiger partial charge in [0, 0.05) is 0 Å². The third-order valence-corrected chi connectivity index (χ3v) is 1.99. The average Bonchev–Trinajstić information content (AvgIpc) is 2.28. The number of nitrogens with two attached hydrogens (primary N) is 1. The SMILES string of the molecule is Cc1nc(Br)c(C(N)C(=O)O)[nH]1. The lowest BCUT2D eigenvalue weighted by molar-refractivity contribution is -0.138. The van der Waals surface area contributed by atoms with Crippen LogP contribution in [0.25, 0.3) is 0 Å². The lowest BCUT2D eigenvalue weighted by atomic mass is 10.2. The molecule has 4 N–H and O–H groups in total. The fourth-order valence-corrected chi connectivity index (χ4v) is 1.42. The minimum Gasteiger partial charge on any atom is -0.480 e. The molecule has 0 aliphatic rings. The number of aryl methyl sites for hydroxylation is 1. The molecule has 1 unspecified atom stereocenters. The molecule has 12 heavy (non-hydrogen) atoms. The summed E-state index contributed by atoms with van der Waals surface area (Å²) in [6.45, 7) is 1.73. The van der Waals surface area contributed by atoms with Gasteiger partial charge in [0.25, 0.3) is 0 Å². The van der Waals surface area contributed by atoms with Crippen molar-refractivity contribution in [3.8, 4) is 0 Å². The predicted octanol–water partition coefficient (Wildman–Crippen LogP) is 0.565. The highest BCUT2D eigenvalue weighted by Crippen LogP contribution is 2.18. The Bertz CT molecular complexity index is 310. The monoisotopic (exact) mass is 233 g/mol. The molecule has 0 aliphatic carbocycles. The molecule has 1 heterocycles. The van der Waals surface area contributed by atoms with Crippen molar-refractivity contribution in [2.75, 3.05) is 0 Å². The summed E-state index contributed by atoms with van der Waals surface area (Å²) in [7, 11) is 0. The minimum atomic E-state index is -1.08. The van der Waals surface area contributed by atoms with E-state index in [4.69, 9.17) is 10.8 Å². The molecule has 0 amide bonds. The topological polar surface area (TPSA) is 92.0 Å². The number of rotatable bonds is 2. The summed E-state index contributed by atoms with van der Waals surface area (Å²) >= 11 is 3.10. The van der Waals surface area contributed by atoms with Crippen LogP contribution >= 0.6 is 15.9 Å². The van der Waals surface area contributed by atoms with Gasteiger partial charge in [0.05, 0.1) is 5.69 Å². The average molecular weight is 234 g/mol. The number of nitrogens with zero attached hydrogens (tertiary/aromatic N) is 1. The molecule has 0 saturated carbocycles. The third kappa shape index (κ3) is 1.64. The number of carboxylic acid groups (broad SMARTS) is 1. The van der Waals surface area contributed by atoms with E-state index in [1.165, 1.54) is 0 Å². The first-order chi connectivity index (χ1) is 5.52. The van der Waals surface area contributed by atoms with Crippen LogP contribution in [-0.4, -0.2) is 21.0 Å². The van der Waals surface area contributed by atoms with Crippen LogP contribution in [0.1, 0.15) is 17.6 Å². The minimum absolute atomic E-state index is 0.389. The number of H-pyrrole nitrogens is 1. The van der Waals surface area contributed by atoms with Gasteiger partial charge in [0.15, 0.2) is 0 Å². The van der Waals surface area contributed by atoms with E-state index in [2.05, 4.69) is 25.9 Å². The van der Waals surface area contributed by atoms with Crippen molar-refractivity contribution in [2.24, 2.45) is 5.73 Å². The highest BCUT2D eigenvalue weighted by atomic mass is 79.9. The van der Waals surface area contributed by atoms with Crippen molar-refractivity contribution in [1.29, 1.82) is 0 Å². The second kappa shape index (κ2) is 3.24. The van der Waals surface area contributed by atoms with Crippen molar-refractivity contribution in [3.05, 3.63) is 16.1 Å². The fourth-order valence-electron chi connectivity index (χ4n) is 0.811. The number of carbonyl (C=O) groups is 1. The Labute approximate surface area is 77.1 Å². The van der Waals surface area contributed by atoms with Gasteiger partial charge in [-0.1, -0.05) is 0 Å². The van der Waals surface area contributed by atoms with Crippen LogP contribution in [0.15, 0.2) is 4.60 Å². The van der Waals surface area contributed by atoms with Gasteiger partial charge >= 0.3 is 5.97 Å². The highest BCUT2D eigenvalue weighted by molar-refractivity contribution is 9.10. The number of halogens is 1. The van der Waals surface area contributed by atoms with Crippen LogP contribution < -0.4 is 5.73 Å². The van der Waals surface area contributed by atoms with E-state index in [0.717, 1.165) is 0 Å². The molecule has 1 aromatic heterocycles. The zero-order valence-electron chi connectivity index (χ0n) is 6.34. The van der Waals surface area contributed by atoms with Crippen LogP contribution in [-0.2, 0) is 4.79 Å². The van der Waals surface area contributed by atoms with Crippen molar-refractivity contribution in [2.45, 2.75) is 13.0 Å². The van der Waals surface area contributed by atoms with Crippen LogP contribution in [0.5, 0.6) is 0 Å². The molecule has 0 radical (unpaired) electrons. The summed E-state index contributed by atoms with van der Waals surface area (Å²) in [5.41, 5.74) is 5.74. The van der Waals surface area contributed by atoms with Gasteiger partial charge in [0.2, 0.25) is 0 Å². The van der Waals surface area contributed by atoms with E-state index in [1.54, 1.807) is 6.92 Å². The summed E-state index contributed by atoms with van der Waals surface area (Å²) in [6, 6.07) is -1.06. The van der Waals surface area contributed by atoms with Gasteiger partial charge in [-0.3, -0.25) is 4.79 Å². The van der Waals surface area contributed by atoms with Crippen molar-refractivity contribution >= 4 is 21.9 Å². The van der Waals surface area contributed by atoms with Gasteiger partial charge < -0.3 is 15.8 Å². The molecular weight excluding hydrogens is 226 g/mol. The highest BCUT2D eigenvalue weighted by Gasteiger charge is 2.19. The Balaban J connectivity index is 3.02. The number of hydrogen-bond acceptors (Lipinski definition) is 3. The van der Waals surface area contributed by atoms with Crippen LogP contribution in [0.4, 0.5) is 0 Å². The Morgan fingerprint density at radius 2 is 2.42 bits per heavy atom. The van der Waals surface area contributed by atoms with E-state index >= 15 is 0 Å².